The lowest BCUT2D eigenvalue weighted by molar-refractivity contribution is -0.111. The summed E-state index contributed by atoms with van der Waals surface area (Å²) >= 11 is 1.74. The van der Waals surface area contributed by atoms with E-state index in [0.717, 1.165) is 23.0 Å². The van der Waals surface area contributed by atoms with Crippen LogP contribution in [0.4, 0.5) is 4.79 Å². The second-order valence-electron chi connectivity index (χ2n) is 7.39. The van der Waals surface area contributed by atoms with Crippen LogP contribution in [0.3, 0.4) is 0 Å². The van der Waals surface area contributed by atoms with Crippen LogP contribution in [0.5, 0.6) is 0 Å². The van der Waals surface area contributed by atoms with E-state index in [1.807, 2.05) is 54.6 Å². The maximum Gasteiger partial charge on any atom is 0.407 e. The second-order valence-corrected chi connectivity index (χ2v) is 8.91. The molecule has 0 aromatic heterocycles. The van der Waals surface area contributed by atoms with Gasteiger partial charge in [0, 0.05) is 11.8 Å². The lowest BCUT2D eigenvalue weighted by atomic mass is 9.84. The smallest absolute Gasteiger partial charge is 0.407 e. The number of nitrogens with zero attached hydrogens (tertiary/aromatic N) is 1. The predicted molar refractivity (Wildman–Crippen MR) is 120 cm³/mol. The monoisotopic (exact) mass is 417 g/mol. The van der Waals surface area contributed by atoms with Gasteiger partial charge in [0.25, 0.3) is 0 Å². The van der Waals surface area contributed by atoms with E-state index in [1.54, 1.807) is 11.8 Å². The number of amides is 1. The van der Waals surface area contributed by atoms with Crippen LogP contribution in [0.15, 0.2) is 91.0 Å². The quantitative estimate of drug-likeness (QED) is 0.451. The molecule has 1 N–H and O–H groups in total. The van der Waals surface area contributed by atoms with Crippen LogP contribution in [0.25, 0.3) is 0 Å². The fraction of sp³-hybridized carbons (Fsp3) is 0.200. The molecule has 0 bridgehead atoms. The molecular formula is C25H23NO3S. The third-order valence-corrected chi connectivity index (χ3v) is 7.33. The molecule has 1 aliphatic heterocycles. The summed E-state index contributed by atoms with van der Waals surface area (Å²) in [4.78, 5) is 24.4. The molecule has 1 amide bonds. The summed E-state index contributed by atoms with van der Waals surface area (Å²) in [6.45, 7) is 0.331. The third-order valence-electron chi connectivity index (χ3n) is 5.59. The Balaban J connectivity index is 1.86. The van der Waals surface area contributed by atoms with E-state index >= 15 is 0 Å². The molecule has 0 aliphatic carbocycles. The zero-order valence-electron chi connectivity index (χ0n) is 16.4. The van der Waals surface area contributed by atoms with Crippen molar-refractivity contribution in [1.29, 1.82) is 0 Å². The highest BCUT2D eigenvalue weighted by Gasteiger charge is 2.44. The summed E-state index contributed by atoms with van der Waals surface area (Å²) < 4.78 is -0.517. The Morgan fingerprint density at radius 3 is 1.63 bits per heavy atom. The average Bonchev–Trinajstić information content (AvgIpc) is 3.22. The Hall–Kier alpha value is -3.05. The molecule has 0 saturated carbocycles. The molecule has 30 heavy (non-hydrogen) atoms. The van der Waals surface area contributed by atoms with Crippen molar-refractivity contribution in [3.8, 4) is 0 Å². The first-order chi connectivity index (χ1) is 14.6. The van der Waals surface area contributed by atoms with Crippen molar-refractivity contribution in [2.24, 2.45) is 0 Å². The molecule has 4 nitrogen and oxygen atoms in total. The fourth-order valence-corrected chi connectivity index (χ4v) is 6.08. The minimum Gasteiger partial charge on any atom is -0.465 e. The maximum atomic E-state index is 11.6. The zero-order valence-corrected chi connectivity index (χ0v) is 17.2. The highest BCUT2D eigenvalue weighted by atomic mass is 32.2. The van der Waals surface area contributed by atoms with Crippen molar-refractivity contribution in [1.82, 2.24) is 4.90 Å². The molecule has 2 atom stereocenters. The van der Waals surface area contributed by atoms with Gasteiger partial charge in [-0.2, -0.15) is 0 Å². The summed E-state index contributed by atoms with van der Waals surface area (Å²) in [6.07, 6.45) is 0.221. The number of likely N-dealkylation sites (tertiary alicyclic amines) is 1. The van der Waals surface area contributed by atoms with Gasteiger partial charge in [-0.1, -0.05) is 91.0 Å². The molecule has 0 spiro atoms. The van der Waals surface area contributed by atoms with E-state index in [-0.39, 0.29) is 5.25 Å². The molecule has 2 unspecified atom stereocenters. The number of carbonyl (C=O) groups excluding carboxylic acids is 1. The Labute approximate surface area is 180 Å². The minimum atomic E-state index is -1.04. The fourth-order valence-electron chi connectivity index (χ4n) is 4.23. The molecule has 1 heterocycles. The number of carbonyl (C=O) groups is 2. The summed E-state index contributed by atoms with van der Waals surface area (Å²) in [7, 11) is 0. The van der Waals surface area contributed by atoms with E-state index in [1.165, 1.54) is 4.90 Å². The van der Waals surface area contributed by atoms with Crippen LogP contribution in [-0.4, -0.2) is 40.2 Å². The highest BCUT2D eigenvalue weighted by Crippen LogP contribution is 2.51. The van der Waals surface area contributed by atoms with Crippen molar-refractivity contribution < 1.29 is 14.7 Å². The van der Waals surface area contributed by atoms with E-state index in [9.17, 15) is 14.7 Å². The number of hydrogen-bond acceptors (Lipinski definition) is 3. The first-order valence-electron chi connectivity index (χ1n) is 9.94. The zero-order chi connectivity index (χ0) is 21.0. The van der Waals surface area contributed by atoms with Crippen LogP contribution in [-0.2, 0) is 9.54 Å². The van der Waals surface area contributed by atoms with Gasteiger partial charge in [-0.25, -0.2) is 4.79 Å². The van der Waals surface area contributed by atoms with E-state index < -0.39 is 16.9 Å². The number of carboxylic acid groups (broad SMARTS) is 1. The van der Waals surface area contributed by atoms with Crippen molar-refractivity contribution in [2.45, 2.75) is 22.5 Å². The van der Waals surface area contributed by atoms with E-state index in [4.69, 9.17) is 0 Å². The Bertz CT molecular complexity index is 898. The molecular weight excluding hydrogens is 394 g/mol. The molecule has 0 radical (unpaired) electrons. The average molecular weight is 418 g/mol. The van der Waals surface area contributed by atoms with Crippen molar-refractivity contribution in [3.05, 3.63) is 108 Å². The molecule has 1 aliphatic rings. The van der Waals surface area contributed by atoms with Gasteiger partial charge in [0.1, 0.15) is 6.29 Å². The number of thioether (sulfide) groups is 1. The normalized spacial score (nSPS) is 18.9. The minimum absolute atomic E-state index is 0.0167. The molecule has 152 valence electrons. The van der Waals surface area contributed by atoms with Crippen LogP contribution < -0.4 is 0 Å². The number of aldehydes is 1. The topological polar surface area (TPSA) is 57.6 Å². The standard InChI is InChI=1S/C25H23NO3S/c27-18-22-16-23(17-26(22)24(28)29)30-25(19-10-4-1-5-11-19,20-12-6-2-7-13-20)21-14-8-3-9-15-21/h1-15,18,22-23H,16-17H2,(H,28,29). The van der Waals surface area contributed by atoms with E-state index in [0.29, 0.717) is 13.0 Å². The highest BCUT2D eigenvalue weighted by molar-refractivity contribution is 8.01. The van der Waals surface area contributed by atoms with Gasteiger partial charge in [-0.15, -0.1) is 11.8 Å². The van der Waals surface area contributed by atoms with Gasteiger partial charge in [0.15, 0.2) is 0 Å². The lowest BCUT2D eigenvalue weighted by Gasteiger charge is -2.37. The van der Waals surface area contributed by atoms with Gasteiger partial charge >= 0.3 is 6.09 Å². The van der Waals surface area contributed by atoms with Crippen molar-refractivity contribution in [3.63, 3.8) is 0 Å². The van der Waals surface area contributed by atoms with Crippen LogP contribution in [0.2, 0.25) is 0 Å². The van der Waals surface area contributed by atoms with E-state index in [2.05, 4.69) is 36.4 Å². The SMILES string of the molecule is O=CC1CC(SC(c2ccccc2)(c2ccccc2)c2ccccc2)CN1C(=O)O. The van der Waals surface area contributed by atoms with Crippen LogP contribution in [0, 0.1) is 0 Å². The number of benzene rings is 3. The van der Waals surface area contributed by atoms with Gasteiger partial charge in [-0.3, -0.25) is 4.90 Å². The first-order valence-corrected chi connectivity index (χ1v) is 10.8. The maximum absolute atomic E-state index is 11.6. The summed E-state index contributed by atoms with van der Waals surface area (Å²) in [5.41, 5.74) is 3.39. The summed E-state index contributed by atoms with van der Waals surface area (Å²) in [5, 5.41) is 9.52. The molecule has 1 saturated heterocycles. The first kappa shape index (κ1) is 20.2. The number of hydrogen-bond donors (Lipinski definition) is 1. The second kappa shape index (κ2) is 8.76. The Kier molecular flexibility index (Phi) is 5.91. The predicted octanol–water partition coefficient (Wildman–Crippen LogP) is 5.03. The molecule has 5 heteroatoms. The molecule has 3 aromatic rings. The number of rotatable bonds is 6. The lowest BCUT2D eigenvalue weighted by Crippen LogP contribution is -2.35. The summed E-state index contributed by atoms with van der Waals surface area (Å²) in [5.74, 6) is 0. The van der Waals surface area contributed by atoms with Gasteiger partial charge in [0.2, 0.25) is 0 Å². The molecule has 4 rings (SSSR count). The summed E-state index contributed by atoms with van der Waals surface area (Å²) in [6, 6.07) is 30.3. The van der Waals surface area contributed by atoms with Gasteiger partial charge < -0.3 is 9.90 Å². The molecule has 1 fully saturated rings. The Morgan fingerprint density at radius 1 is 0.867 bits per heavy atom. The van der Waals surface area contributed by atoms with Crippen LogP contribution in [0.1, 0.15) is 23.1 Å². The van der Waals surface area contributed by atoms with Crippen LogP contribution >= 0.6 is 11.8 Å². The third kappa shape index (κ3) is 3.73. The van der Waals surface area contributed by atoms with Crippen molar-refractivity contribution >= 4 is 24.1 Å². The molecule has 3 aromatic carbocycles. The van der Waals surface area contributed by atoms with Gasteiger partial charge in [0.05, 0.1) is 10.8 Å². The Morgan fingerprint density at radius 2 is 1.30 bits per heavy atom. The van der Waals surface area contributed by atoms with Gasteiger partial charge in [-0.05, 0) is 23.1 Å². The largest absolute Gasteiger partial charge is 0.465 e. The van der Waals surface area contributed by atoms with Crippen molar-refractivity contribution in [2.75, 3.05) is 6.54 Å².